The Hall–Kier alpha value is 0.816. The summed E-state index contributed by atoms with van der Waals surface area (Å²) in [6.45, 7) is 12.2. The van der Waals surface area contributed by atoms with Crippen LogP contribution in [0.5, 0.6) is 0 Å². The molecule has 0 spiro atoms. The molecule has 1 nitrogen and oxygen atoms in total. The second-order valence-electron chi connectivity index (χ2n) is 1.07. The molecule has 0 radical (unpaired) electrons. The van der Waals surface area contributed by atoms with Crippen molar-refractivity contribution >= 4 is 23.1 Å². The monoisotopic (exact) mass is 218 g/mol. The maximum absolute atomic E-state index is 4.83. The van der Waals surface area contributed by atoms with Crippen molar-refractivity contribution in [1.29, 1.82) is 0 Å². The SMILES string of the molecule is C=C[CH2-].CCOCC.[Br-].[Mg+2]. The Morgan fingerprint density at radius 1 is 1.40 bits per heavy atom. The largest absolute Gasteiger partial charge is 2.00 e. The summed E-state index contributed by atoms with van der Waals surface area (Å²) in [5.41, 5.74) is 0. The van der Waals surface area contributed by atoms with Crippen LogP contribution in [0.25, 0.3) is 0 Å². The minimum absolute atomic E-state index is 0. The van der Waals surface area contributed by atoms with Gasteiger partial charge in [-0.05, 0) is 13.8 Å². The van der Waals surface area contributed by atoms with E-state index in [9.17, 15) is 0 Å². The van der Waals surface area contributed by atoms with Crippen molar-refractivity contribution in [3.8, 4) is 0 Å². The summed E-state index contributed by atoms with van der Waals surface area (Å²) in [6.07, 6.45) is 1.50. The maximum atomic E-state index is 4.83. The maximum Gasteiger partial charge on any atom is 2.00 e. The standard InChI is InChI=1S/C4H10O.C3H5.BrH.Mg/c1-3-5-4-2;1-3-2;;/h3-4H2,1-2H3;3H,1-2H2;1H;/q;-1;;+2/p-1. The van der Waals surface area contributed by atoms with Crippen LogP contribution in [0.15, 0.2) is 12.7 Å². The topological polar surface area (TPSA) is 9.23 Å². The van der Waals surface area contributed by atoms with E-state index in [0.29, 0.717) is 0 Å². The molecule has 0 aromatic heterocycles. The van der Waals surface area contributed by atoms with E-state index < -0.39 is 0 Å². The molecule has 58 valence electrons. The van der Waals surface area contributed by atoms with E-state index >= 15 is 0 Å². The van der Waals surface area contributed by atoms with Crippen molar-refractivity contribution in [2.45, 2.75) is 13.8 Å². The predicted octanol–water partition coefficient (Wildman–Crippen LogP) is -1.33. The molecular weight excluding hydrogens is 204 g/mol. The molecule has 0 aliphatic rings. The fraction of sp³-hybridized carbons (Fsp3) is 0.571. The zero-order chi connectivity index (χ0) is 6.83. The summed E-state index contributed by atoms with van der Waals surface area (Å²) in [4.78, 5) is 0. The van der Waals surface area contributed by atoms with Gasteiger partial charge in [-0.1, -0.05) is 0 Å². The number of hydrogen-bond donors (Lipinski definition) is 0. The molecule has 0 atom stereocenters. The molecule has 0 saturated carbocycles. The molecule has 3 heteroatoms. The van der Waals surface area contributed by atoms with Gasteiger partial charge in [0.25, 0.3) is 0 Å². The van der Waals surface area contributed by atoms with Gasteiger partial charge in [0.15, 0.2) is 0 Å². The first-order valence-electron chi connectivity index (χ1n) is 2.81. The van der Waals surface area contributed by atoms with E-state index in [1.165, 1.54) is 6.08 Å². The van der Waals surface area contributed by atoms with Gasteiger partial charge in [-0.15, -0.1) is 0 Å². The zero-order valence-electron chi connectivity index (χ0n) is 6.90. The average molecular weight is 219 g/mol. The Bertz CT molecular complexity index is 40.6. The minimum atomic E-state index is 0. The summed E-state index contributed by atoms with van der Waals surface area (Å²) in [5.74, 6) is 0. The van der Waals surface area contributed by atoms with Gasteiger partial charge in [0.2, 0.25) is 0 Å². The Labute approximate surface area is 91.1 Å². The van der Waals surface area contributed by atoms with Gasteiger partial charge in [0, 0.05) is 13.2 Å². The van der Waals surface area contributed by atoms with Crippen molar-refractivity contribution in [2.24, 2.45) is 0 Å². The van der Waals surface area contributed by atoms with Gasteiger partial charge in [0.05, 0.1) is 0 Å². The van der Waals surface area contributed by atoms with Crippen molar-refractivity contribution in [3.63, 3.8) is 0 Å². The van der Waals surface area contributed by atoms with Gasteiger partial charge in [-0.2, -0.15) is 0 Å². The van der Waals surface area contributed by atoms with Crippen molar-refractivity contribution in [1.82, 2.24) is 0 Å². The summed E-state index contributed by atoms with van der Waals surface area (Å²) in [7, 11) is 0. The molecule has 10 heavy (non-hydrogen) atoms. The molecule has 0 heterocycles. The Balaban J connectivity index is -0.0000000326. The Kier molecular flexibility index (Phi) is 73.8. The van der Waals surface area contributed by atoms with E-state index in [0.717, 1.165) is 13.2 Å². The van der Waals surface area contributed by atoms with Crippen LogP contribution in [0, 0.1) is 6.92 Å². The molecule has 0 aromatic carbocycles. The Morgan fingerprint density at radius 3 is 1.60 bits per heavy atom. The van der Waals surface area contributed by atoms with Crippen molar-refractivity contribution in [3.05, 3.63) is 19.6 Å². The molecule has 0 bridgehead atoms. The van der Waals surface area contributed by atoms with E-state index in [1.54, 1.807) is 0 Å². The zero-order valence-corrected chi connectivity index (χ0v) is 9.90. The molecule has 0 aromatic rings. The van der Waals surface area contributed by atoms with Crippen LogP contribution in [0.3, 0.4) is 0 Å². The third kappa shape index (κ3) is 67.9. The van der Waals surface area contributed by atoms with Crippen LogP contribution in [-0.2, 0) is 4.74 Å². The number of hydrogen-bond acceptors (Lipinski definition) is 1. The average Bonchev–Trinajstić information content (AvgIpc) is 1.71. The van der Waals surface area contributed by atoms with Gasteiger partial charge >= 0.3 is 23.1 Å². The summed E-state index contributed by atoms with van der Waals surface area (Å²) in [6, 6.07) is 0. The first-order valence-corrected chi connectivity index (χ1v) is 2.81. The van der Waals surface area contributed by atoms with E-state index in [4.69, 9.17) is 4.74 Å². The first-order chi connectivity index (χ1) is 3.83. The molecule has 0 fully saturated rings. The van der Waals surface area contributed by atoms with Crippen LogP contribution in [0.4, 0.5) is 0 Å². The molecule has 0 N–H and O–H groups in total. The summed E-state index contributed by atoms with van der Waals surface area (Å²) < 4.78 is 4.83. The Morgan fingerprint density at radius 2 is 1.60 bits per heavy atom. The van der Waals surface area contributed by atoms with Gasteiger partial charge in [-0.3, -0.25) is 0 Å². The summed E-state index contributed by atoms with van der Waals surface area (Å²) >= 11 is 0. The molecule has 0 amide bonds. The second-order valence-corrected chi connectivity index (χ2v) is 1.07. The van der Waals surface area contributed by atoms with Crippen molar-refractivity contribution in [2.75, 3.05) is 13.2 Å². The molecule has 0 aliphatic heterocycles. The number of rotatable bonds is 2. The van der Waals surface area contributed by atoms with Gasteiger partial charge in [-0.25, -0.2) is 19.6 Å². The fourth-order valence-electron chi connectivity index (χ4n) is 0.204. The molecule has 0 aliphatic carbocycles. The van der Waals surface area contributed by atoms with Crippen LogP contribution in [0.2, 0.25) is 0 Å². The number of ether oxygens (including phenoxy) is 1. The third-order valence-electron chi connectivity index (χ3n) is 0.408. The fourth-order valence-corrected chi connectivity index (χ4v) is 0.204. The first kappa shape index (κ1) is 22.4. The normalized spacial score (nSPS) is 5.40. The smallest absolute Gasteiger partial charge is 1.00 e. The second kappa shape index (κ2) is 32.9. The number of halogens is 1. The van der Waals surface area contributed by atoms with Crippen LogP contribution < -0.4 is 17.0 Å². The van der Waals surface area contributed by atoms with E-state index in [-0.39, 0.29) is 40.0 Å². The quantitative estimate of drug-likeness (QED) is 0.413. The van der Waals surface area contributed by atoms with Crippen LogP contribution in [0.1, 0.15) is 13.8 Å². The molecule has 0 rings (SSSR count). The van der Waals surface area contributed by atoms with Gasteiger partial charge < -0.3 is 21.7 Å². The minimum Gasteiger partial charge on any atom is -1.00 e. The molecule has 0 saturated heterocycles. The van der Waals surface area contributed by atoms with Crippen molar-refractivity contribution < 1.29 is 21.7 Å². The van der Waals surface area contributed by atoms with Gasteiger partial charge in [0.1, 0.15) is 0 Å². The molecule has 0 unspecified atom stereocenters. The van der Waals surface area contributed by atoms with E-state index in [1.807, 2.05) is 13.8 Å². The predicted molar refractivity (Wildman–Crippen MR) is 43.5 cm³/mol. The molecular formula is C7H15BrMgO. The summed E-state index contributed by atoms with van der Waals surface area (Å²) in [5, 5.41) is 0. The number of allylic oxidation sites excluding steroid dienone is 1. The third-order valence-corrected chi connectivity index (χ3v) is 0.408. The van der Waals surface area contributed by atoms with Crippen LogP contribution >= 0.6 is 0 Å². The van der Waals surface area contributed by atoms with E-state index in [2.05, 4.69) is 13.5 Å². The van der Waals surface area contributed by atoms with Crippen LogP contribution in [-0.4, -0.2) is 36.3 Å².